The molecule has 18 heavy (non-hydrogen) atoms. The second-order valence-electron chi connectivity index (χ2n) is 4.03. The summed E-state index contributed by atoms with van der Waals surface area (Å²) >= 11 is 0. The molecule has 0 unspecified atom stereocenters. The van der Waals surface area contributed by atoms with Crippen molar-refractivity contribution in [3.05, 3.63) is 53.6 Å². The lowest BCUT2D eigenvalue weighted by Gasteiger charge is -2.06. The molecule has 0 aromatic heterocycles. The van der Waals surface area contributed by atoms with Crippen molar-refractivity contribution in [2.75, 3.05) is 11.5 Å². The molecule has 0 saturated carbocycles. The van der Waals surface area contributed by atoms with Crippen LogP contribution in [0.1, 0.15) is 15.9 Å². The number of carbonyl (C=O) groups is 1. The van der Waals surface area contributed by atoms with Gasteiger partial charge in [-0.3, -0.25) is 0 Å². The molecule has 4 N–H and O–H groups in total. The average molecular weight is 242 g/mol. The van der Waals surface area contributed by atoms with Crippen LogP contribution in [0, 0.1) is 6.92 Å². The molecule has 4 nitrogen and oxygen atoms in total. The van der Waals surface area contributed by atoms with Gasteiger partial charge >= 0.3 is 5.97 Å². The Labute approximate surface area is 105 Å². The number of esters is 1. The van der Waals surface area contributed by atoms with E-state index < -0.39 is 5.97 Å². The number of anilines is 2. The first-order chi connectivity index (χ1) is 8.56. The molecule has 2 aromatic rings. The Hall–Kier alpha value is -2.49. The van der Waals surface area contributed by atoms with E-state index in [0.717, 1.165) is 5.56 Å². The number of nitrogen functional groups attached to an aromatic ring is 2. The second-order valence-corrected chi connectivity index (χ2v) is 4.03. The van der Waals surface area contributed by atoms with Gasteiger partial charge in [-0.05, 0) is 55.0 Å². The lowest BCUT2D eigenvalue weighted by molar-refractivity contribution is 0.0735. The quantitative estimate of drug-likeness (QED) is 0.481. The first-order valence-corrected chi connectivity index (χ1v) is 5.50. The van der Waals surface area contributed by atoms with Crippen LogP contribution in [0.25, 0.3) is 0 Å². The number of carbonyl (C=O) groups excluding carboxylic acids is 1. The highest BCUT2D eigenvalue weighted by atomic mass is 16.5. The molecular formula is C14H14N2O2. The predicted molar refractivity (Wildman–Crippen MR) is 71.4 cm³/mol. The summed E-state index contributed by atoms with van der Waals surface area (Å²) in [5.74, 6) is 0.0581. The van der Waals surface area contributed by atoms with Gasteiger partial charge in [0.25, 0.3) is 0 Å². The van der Waals surface area contributed by atoms with Gasteiger partial charge in [-0.1, -0.05) is 0 Å². The van der Waals surface area contributed by atoms with Crippen LogP contribution < -0.4 is 16.2 Å². The Balaban J connectivity index is 2.16. The van der Waals surface area contributed by atoms with Gasteiger partial charge in [0.15, 0.2) is 0 Å². The van der Waals surface area contributed by atoms with Gasteiger partial charge in [-0.2, -0.15) is 0 Å². The largest absolute Gasteiger partial charge is 0.423 e. The van der Waals surface area contributed by atoms with E-state index in [2.05, 4.69) is 0 Å². The van der Waals surface area contributed by atoms with Crippen LogP contribution in [0.5, 0.6) is 5.75 Å². The molecule has 0 spiro atoms. The molecule has 0 aliphatic rings. The van der Waals surface area contributed by atoms with Crippen molar-refractivity contribution in [3.8, 4) is 5.75 Å². The monoisotopic (exact) mass is 242 g/mol. The summed E-state index contributed by atoms with van der Waals surface area (Å²) in [6, 6.07) is 11.7. The molecule has 0 saturated heterocycles. The number of aryl methyl sites for hydroxylation is 1. The van der Waals surface area contributed by atoms with Gasteiger partial charge in [-0.25, -0.2) is 4.79 Å². The maximum Gasteiger partial charge on any atom is 0.343 e. The predicted octanol–water partition coefficient (Wildman–Crippen LogP) is 2.38. The second kappa shape index (κ2) is 4.79. The lowest BCUT2D eigenvalue weighted by atomic mass is 10.2. The minimum Gasteiger partial charge on any atom is -0.423 e. The van der Waals surface area contributed by atoms with E-state index in [4.69, 9.17) is 16.2 Å². The Kier molecular flexibility index (Phi) is 3.19. The Morgan fingerprint density at radius 2 is 1.72 bits per heavy atom. The zero-order valence-electron chi connectivity index (χ0n) is 10.0. The molecule has 92 valence electrons. The molecule has 0 heterocycles. The third-order valence-electron chi connectivity index (χ3n) is 2.60. The summed E-state index contributed by atoms with van der Waals surface area (Å²) in [6.45, 7) is 1.86. The first-order valence-electron chi connectivity index (χ1n) is 5.50. The number of rotatable bonds is 2. The fourth-order valence-corrected chi connectivity index (χ4v) is 1.50. The molecule has 0 bridgehead atoms. The number of nitrogens with two attached hydrogens (primary N) is 2. The maximum atomic E-state index is 11.8. The highest BCUT2D eigenvalue weighted by Crippen LogP contribution is 2.19. The van der Waals surface area contributed by atoms with Crippen LogP contribution in [0.4, 0.5) is 11.4 Å². The lowest BCUT2D eigenvalue weighted by Crippen LogP contribution is -2.08. The summed E-state index contributed by atoms with van der Waals surface area (Å²) in [5.41, 5.74) is 13.8. The zero-order chi connectivity index (χ0) is 13.1. The van der Waals surface area contributed by atoms with E-state index in [1.165, 1.54) is 0 Å². The maximum absolute atomic E-state index is 11.8. The summed E-state index contributed by atoms with van der Waals surface area (Å²) in [7, 11) is 0. The molecule has 0 fully saturated rings. The summed E-state index contributed by atoms with van der Waals surface area (Å²) in [4.78, 5) is 11.8. The molecule has 4 heteroatoms. The topological polar surface area (TPSA) is 78.3 Å². The van der Waals surface area contributed by atoms with Crippen LogP contribution in [-0.4, -0.2) is 5.97 Å². The van der Waals surface area contributed by atoms with E-state index in [9.17, 15) is 4.79 Å². The van der Waals surface area contributed by atoms with Crippen LogP contribution in [-0.2, 0) is 0 Å². The van der Waals surface area contributed by atoms with E-state index >= 15 is 0 Å². The van der Waals surface area contributed by atoms with Gasteiger partial charge < -0.3 is 16.2 Å². The third kappa shape index (κ3) is 2.60. The molecule has 0 aliphatic carbocycles. The third-order valence-corrected chi connectivity index (χ3v) is 2.60. The number of hydrogen-bond acceptors (Lipinski definition) is 4. The smallest absolute Gasteiger partial charge is 0.343 e. The molecular weight excluding hydrogens is 228 g/mol. The number of benzene rings is 2. The van der Waals surface area contributed by atoms with Gasteiger partial charge in [0.2, 0.25) is 0 Å². The van der Waals surface area contributed by atoms with Crippen LogP contribution >= 0.6 is 0 Å². The minimum atomic E-state index is -0.417. The van der Waals surface area contributed by atoms with E-state index in [0.29, 0.717) is 22.7 Å². The highest BCUT2D eigenvalue weighted by Gasteiger charge is 2.08. The zero-order valence-corrected chi connectivity index (χ0v) is 10.0. The summed E-state index contributed by atoms with van der Waals surface area (Å²) < 4.78 is 5.24. The normalized spacial score (nSPS) is 10.1. The molecule has 0 amide bonds. The van der Waals surface area contributed by atoms with Crippen molar-refractivity contribution in [1.29, 1.82) is 0 Å². The Morgan fingerprint density at radius 1 is 1.06 bits per heavy atom. The fourth-order valence-electron chi connectivity index (χ4n) is 1.50. The fraction of sp³-hybridized carbons (Fsp3) is 0.0714. The van der Waals surface area contributed by atoms with Crippen molar-refractivity contribution in [1.82, 2.24) is 0 Å². The number of hydrogen-bond donors (Lipinski definition) is 2. The highest BCUT2D eigenvalue weighted by molar-refractivity contribution is 5.91. The van der Waals surface area contributed by atoms with Crippen LogP contribution in [0.3, 0.4) is 0 Å². The molecule has 0 radical (unpaired) electrons. The summed E-state index contributed by atoms with van der Waals surface area (Å²) in [5, 5.41) is 0. The SMILES string of the molecule is Cc1cc(OC(=O)c2ccc(N)cc2)ccc1N. The van der Waals surface area contributed by atoms with Crippen molar-refractivity contribution in [2.24, 2.45) is 0 Å². The average Bonchev–Trinajstić information content (AvgIpc) is 2.34. The first kappa shape index (κ1) is 12.0. The van der Waals surface area contributed by atoms with Crippen LogP contribution in [0.2, 0.25) is 0 Å². The Bertz CT molecular complexity index is 577. The van der Waals surface area contributed by atoms with Crippen molar-refractivity contribution in [3.63, 3.8) is 0 Å². The molecule has 0 aliphatic heterocycles. The van der Waals surface area contributed by atoms with Gasteiger partial charge in [-0.15, -0.1) is 0 Å². The van der Waals surface area contributed by atoms with E-state index in [-0.39, 0.29) is 0 Å². The van der Waals surface area contributed by atoms with Gasteiger partial charge in [0, 0.05) is 11.4 Å². The minimum absolute atomic E-state index is 0.417. The van der Waals surface area contributed by atoms with Gasteiger partial charge in [0.05, 0.1) is 5.56 Å². The van der Waals surface area contributed by atoms with Crippen molar-refractivity contribution >= 4 is 17.3 Å². The number of ether oxygens (including phenoxy) is 1. The van der Waals surface area contributed by atoms with E-state index in [1.807, 2.05) is 6.92 Å². The summed E-state index contributed by atoms with van der Waals surface area (Å²) in [6.07, 6.45) is 0. The standard InChI is InChI=1S/C14H14N2O2/c1-9-8-12(6-7-13(9)16)18-14(17)10-2-4-11(15)5-3-10/h2-8H,15-16H2,1H3. The molecule has 2 rings (SSSR count). The molecule has 2 aromatic carbocycles. The van der Waals surface area contributed by atoms with E-state index in [1.54, 1.807) is 42.5 Å². The Morgan fingerprint density at radius 3 is 2.33 bits per heavy atom. The van der Waals surface area contributed by atoms with Crippen LogP contribution in [0.15, 0.2) is 42.5 Å². The van der Waals surface area contributed by atoms with Crippen molar-refractivity contribution < 1.29 is 9.53 Å². The van der Waals surface area contributed by atoms with Crippen molar-refractivity contribution in [2.45, 2.75) is 6.92 Å². The molecule has 0 atom stereocenters. The van der Waals surface area contributed by atoms with Gasteiger partial charge in [0.1, 0.15) is 5.75 Å².